The highest BCUT2D eigenvalue weighted by Crippen LogP contribution is 2.23. The Labute approximate surface area is 95.6 Å². The third-order valence-electron chi connectivity index (χ3n) is 2.11. The standard InChI is InChI=1S/C11H20O3S/c1-4-10(6-5-9(13)7-12)15-11(14)8(2)3/h9-10,12-13H,2,4-7H2,1,3H3. The summed E-state index contributed by atoms with van der Waals surface area (Å²) in [7, 11) is 0. The van der Waals surface area contributed by atoms with E-state index in [1.165, 1.54) is 11.8 Å². The van der Waals surface area contributed by atoms with Crippen LogP contribution in [-0.4, -0.2) is 33.3 Å². The molecule has 2 atom stereocenters. The van der Waals surface area contributed by atoms with Crippen LogP contribution in [0.25, 0.3) is 0 Å². The minimum Gasteiger partial charge on any atom is -0.394 e. The van der Waals surface area contributed by atoms with Crippen LogP contribution in [-0.2, 0) is 4.79 Å². The predicted octanol–water partition coefficient (Wildman–Crippen LogP) is 1.73. The van der Waals surface area contributed by atoms with Crippen LogP contribution in [0.4, 0.5) is 0 Å². The van der Waals surface area contributed by atoms with E-state index in [-0.39, 0.29) is 17.0 Å². The van der Waals surface area contributed by atoms with Crippen LogP contribution >= 0.6 is 11.8 Å². The molecular formula is C11H20O3S. The molecule has 0 aliphatic heterocycles. The average Bonchev–Trinajstić information content (AvgIpc) is 2.22. The molecule has 4 heteroatoms. The lowest BCUT2D eigenvalue weighted by molar-refractivity contribution is -0.107. The summed E-state index contributed by atoms with van der Waals surface area (Å²) in [5, 5.41) is 18.1. The number of aliphatic hydroxyl groups is 2. The molecule has 0 spiro atoms. The molecule has 3 nitrogen and oxygen atoms in total. The first-order chi connectivity index (χ1) is 7.01. The molecule has 0 saturated heterocycles. The van der Waals surface area contributed by atoms with Gasteiger partial charge in [-0.2, -0.15) is 0 Å². The molecule has 0 amide bonds. The smallest absolute Gasteiger partial charge is 0.214 e. The fourth-order valence-corrected chi connectivity index (χ4v) is 1.99. The molecular weight excluding hydrogens is 212 g/mol. The Kier molecular flexibility index (Phi) is 7.74. The summed E-state index contributed by atoms with van der Waals surface area (Å²) in [5.74, 6) is 0. The van der Waals surface area contributed by atoms with E-state index in [9.17, 15) is 9.90 Å². The molecule has 0 saturated carbocycles. The average molecular weight is 232 g/mol. The van der Waals surface area contributed by atoms with Crippen molar-refractivity contribution >= 4 is 16.9 Å². The molecule has 0 bridgehead atoms. The van der Waals surface area contributed by atoms with Gasteiger partial charge >= 0.3 is 0 Å². The van der Waals surface area contributed by atoms with Crippen molar-refractivity contribution < 1.29 is 15.0 Å². The van der Waals surface area contributed by atoms with Crippen molar-refractivity contribution in [1.82, 2.24) is 0 Å². The van der Waals surface area contributed by atoms with Crippen LogP contribution < -0.4 is 0 Å². The van der Waals surface area contributed by atoms with Crippen LogP contribution in [0, 0.1) is 0 Å². The Hall–Kier alpha value is -0.320. The Balaban J connectivity index is 3.93. The Morgan fingerprint density at radius 3 is 2.47 bits per heavy atom. The molecule has 88 valence electrons. The number of carbonyl (C=O) groups excluding carboxylic acids is 1. The zero-order valence-electron chi connectivity index (χ0n) is 9.40. The molecule has 2 unspecified atom stereocenters. The second-order valence-corrected chi connectivity index (χ2v) is 4.90. The zero-order chi connectivity index (χ0) is 11.8. The van der Waals surface area contributed by atoms with E-state index < -0.39 is 6.10 Å². The number of hydrogen-bond acceptors (Lipinski definition) is 4. The van der Waals surface area contributed by atoms with Crippen LogP contribution in [0.2, 0.25) is 0 Å². The van der Waals surface area contributed by atoms with Gasteiger partial charge in [-0.15, -0.1) is 0 Å². The van der Waals surface area contributed by atoms with Crippen molar-refractivity contribution in [2.45, 2.75) is 44.5 Å². The molecule has 0 radical (unpaired) electrons. The number of rotatable bonds is 7. The molecule has 0 aliphatic rings. The maximum atomic E-state index is 11.4. The van der Waals surface area contributed by atoms with E-state index in [2.05, 4.69) is 6.58 Å². The van der Waals surface area contributed by atoms with E-state index in [1.807, 2.05) is 6.92 Å². The summed E-state index contributed by atoms with van der Waals surface area (Å²) in [4.78, 5) is 11.4. The SMILES string of the molecule is C=C(C)C(=O)SC(CC)CCC(O)CO. The monoisotopic (exact) mass is 232 g/mol. The van der Waals surface area contributed by atoms with Gasteiger partial charge in [0, 0.05) is 5.25 Å². The second kappa shape index (κ2) is 7.91. The topological polar surface area (TPSA) is 57.5 Å². The van der Waals surface area contributed by atoms with E-state index in [0.29, 0.717) is 12.0 Å². The summed E-state index contributed by atoms with van der Waals surface area (Å²) in [6.07, 6.45) is 1.48. The largest absolute Gasteiger partial charge is 0.394 e. The van der Waals surface area contributed by atoms with Crippen molar-refractivity contribution in [2.75, 3.05) is 6.61 Å². The quantitative estimate of drug-likeness (QED) is 0.656. The van der Waals surface area contributed by atoms with Crippen molar-refractivity contribution in [3.63, 3.8) is 0 Å². The molecule has 0 aromatic carbocycles. The lowest BCUT2D eigenvalue weighted by Gasteiger charge is -2.15. The van der Waals surface area contributed by atoms with Crippen molar-refractivity contribution in [3.05, 3.63) is 12.2 Å². The van der Waals surface area contributed by atoms with Gasteiger partial charge in [0.05, 0.1) is 12.7 Å². The number of carbonyl (C=O) groups is 1. The number of hydrogen-bond donors (Lipinski definition) is 2. The van der Waals surface area contributed by atoms with Gasteiger partial charge in [0.2, 0.25) is 5.12 Å². The van der Waals surface area contributed by atoms with Gasteiger partial charge in [-0.05, 0) is 31.8 Å². The van der Waals surface area contributed by atoms with Crippen LogP contribution in [0.15, 0.2) is 12.2 Å². The Morgan fingerprint density at radius 2 is 2.07 bits per heavy atom. The molecule has 0 aromatic rings. The lowest BCUT2D eigenvalue weighted by Crippen LogP contribution is -2.15. The molecule has 2 N–H and O–H groups in total. The minimum absolute atomic E-state index is 0.0142. The van der Waals surface area contributed by atoms with Crippen molar-refractivity contribution in [2.24, 2.45) is 0 Å². The highest BCUT2D eigenvalue weighted by molar-refractivity contribution is 8.14. The van der Waals surface area contributed by atoms with Crippen LogP contribution in [0.1, 0.15) is 33.1 Å². The van der Waals surface area contributed by atoms with E-state index >= 15 is 0 Å². The molecule has 0 aromatic heterocycles. The zero-order valence-corrected chi connectivity index (χ0v) is 10.2. The minimum atomic E-state index is -0.667. The lowest BCUT2D eigenvalue weighted by atomic mass is 10.1. The highest BCUT2D eigenvalue weighted by atomic mass is 32.2. The van der Waals surface area contributed by atoms with Gasteiger partial charge in [-0.3, -0.25) is 4.79 Å². The first-order valence-electron chi connectivity index (χ1n) is 5.16. The number of thioether (sulfide) groups is 1. The summed E-state index contributed by atoms with van der Waals surface area (Å²) >= 11 is 1.27. The predicted molar refractivity (Wildman–Crippen MR) is 63.8 cm³/mol. The highest BCUT2D eigenvalue weighted by Gasteiger charge is 2.14. The third-order valence-corrected chi connectivity index (χ3v) is 3.58. The van der Waals surface area contributed by atoms with Crippen LogP contribution in [0.3, 0.4) is 0 Å². The number of aliphatic hydroxyl groups excluding tert-OH is 2. The first kappa shape index (κ1) is 14.7. The third kappa shape index (κ3) is 6.71. The normalized spacial score (nSPS) is 14.7. The molecule has 0 aliphatic carbocycles. The fraction of sp³-hybridized carbons (Fsp3) is 0.727. The summed E-state index contributed by atoms with van der Waals surface area (Å²) in [6.45, 7) is 7.09. The Morgan fingerprint density at radius 1 is 1.47 bits per heavy atom. The maximum Gasteiger partial charge on any atom is 0.214 e. The summed E-state index contributed by atoms with van der Waals surface area (Å²) in [6, 6.07) is 0. The molecule has 0 fully saturated rings. The Bertz CT molecular complexity index is 216. The second-order valence-electron chi connectivity index (χ2n) is 3.63. The van der Waals surface area contributed by atoms with Crippen LogP contribution in [0.5, 0.6) is 0 Å². The van der Waals surface area contributed by atoms with E-state index in [1.54, 1.807) is 6.92 Å². The van der Waals surface area contributed by atoms with Gasteiger partial charge in [0.25, 0.3) is 0 Å². The molecule has 0 rings (SSSR count). The first-order valence-corrected chi connectivity index (χ1v) is 6.04. The van der Waals surface area contributed by atoms with E-state index in [0.717, 1.165) is 12.8 Å². The molecule has 15 heavy (non-hydrogen) atoms. The van der Waals surface area contributed by atoms with Crippen molar-refractivity contribution in [3.8, 4) is 0 Å². The summed E-state index contributed by atoms with van der Waals surface area (Å²) < 4.78 is 0. The fourth-order valence-electron chi connectivity index (χ4n) is 1.07. The van der Waals surface area contributed by atoms with Gasteiger partial charge in [0.1, 0.15) is 0 Å². The summed E-state index contributed by atoms with van der Waals surface area (Å²) in [5.41, 5.74) is 0.557. The van der Waals surface area contributed by atoms with Gasteiger partial charge in [0.15, 0.2) is 0 Å². The van der Waals surface area contributed by atoms with Gasteiger partial charge in [-0.1, -0.05) is 25.3 Å². The van der Waals surface area contributed by atoms with Crippen molar-refractivity contribution in [1.29, 1.82) is 0 Å². The van der Waals surface area contributed by atoms with Gasteiger partial charge < -0.3 is 10.2 Å². The van der Waals surface area contributed by atoms with Gasteiger partial charge in [-0.25, -0.2) is 0 Å². The maximum absolute atomic E-state index is 11.4. The molecule has 0 heterocycles. The van der Waals surface area contributed by atoms with E-state index in [4.69, 9.17) is 5.11 Å².